The Labute approximate surface area is 115 Å². The van der Waals surface area contributed by atoms with Crippen molar-refractivity contribution in [1.82, 2.24) is 25.2 Å². The smallest absolute Gasteiger partial charge is 0.206 e. The van der Waals surface area contributed by atoms with Gasteiger partial charge >= 0.3 is 0 Å². The average Bonchev–Trinajstić information content (AvgIpc) is 2.97. The minimum atomic E-state index is 0.560. The summed E-state index contributed by atoms with van der Waals surface area (Å²) in [4.78, 5) is 0. The zero-order chi connectivity index (χ0) is 13.4. The highest BCUT2D eigenvalue weighted by atomic mass is 35.5. The van der Waals surface area contributed by atoms with E-state index in [1.807, 2.05) is 12.1 Å². The number of aromatic amines is 1. The first kappa shape index (κ1) is 12.2. The van der Waals surface area contributed by atoms with E-state index in [4.69, 9.17) is 11.6 Å². The summed E-state index contributed by atoms with van der Waals surface area (Å²) in [6.45, 7) is 5.32. The molecule has 0 saturated carbocycles. The molecule has 3 rings (SSSR count). The van der Waals surface area contributed by atoms with Crippen molar-refractivity contribution in [3.63, 3.8) is 0 Å². The van der Waals surface area contributed by atoms with Gasteiger partial charge in [0.05, 0.1) is 5.52 Å². The molecular weight excluding hydrogens is 262 g/mol. The molecule has 1 aromatic carbocycles. The summed E-state index contributed by atoms with van der Waals surface area (Å²) in [6, 6.07) is 5.90. The third kappa shape index (κ3) is 2.21. The van der Waals surface area contributed by atoms with Crippen LogP contribution in [0.25, 0.3) is 22.3 Å². The van der Waals surface area contributed by atoms with E-state index < -0.39 is 0 Å². The normalized spacial score (nSPS) is 11.6. The molecule has 19 heavy (non-hydrogen) atoms. The maximum atomic E-state index is 6.16. The van der Waals surface area contributed by atoms with Crippen LogP contribution in [-0.4, -0.2) is 25.2 Å². The molecule has 1 N–H and O–H groups in total. The standard InChI is InChI=1S/C13H14ClN5/c1-8(2)7-19-4-3-9-5-10(14)6-11(12(9)19)13-15-17-18-16-13/h3-6,8H,7H2,1-2H3,(H,15,16,17,18). The summed E-state index contributed by atoms with van der Waals surface area (Å²) in [7, 11) is 0. The number of nitrogens with zero attached hydrogens (tertiary/aromatic N) is 4. The van der Waals surface area contributed by atoms with E-state index >= 15 is 0 Å². The van der Waals surface area contributed by atoms with E-state index in [1.165, 1.54) is 0 Å². The molecule has 0 amide bonds. The van der Waals surface area contributed by atoms with Gasteiger partial charge in [-0.2, -0.15) is 5.21 Å². The van der Waals surface area contributed by atoms with Crippen LogP contribution in [0.5, 0.6) is 0 Å². The Kier molecular flexibility index (Phi) is 2.98. The van der Waals surface area contributed by atoms with Crippen molar-refractivity contribution in [2.24, 2.45) is 5.92 Å². The highest BCUT2D eigenvalue weighted by Gasteiger charge is 2.14. The largest absolute Gasteiger partial charge is 0.347 e. The fourth-order valence-electron chi connectivity index (χ4n) is 2.30. The van der Waals surface area contributed by atoms with E-state index in [0.29, 0.717) is 16.8 Å². The molecule has 0 radical (unpaired) electrons. The molecule has 2 heterocycles. The van der Waals surface area contributed by atoms with Crippen molar-refractivity contribution in [2.75, 3.05) is 0 Å². The summed E-state index contributed by atoms with van der Waals surface area (Å²) in [5.74, 6) is 1.13. The predicted octanol–water partition coefficient (Wildman–Crippen LogP) is 3.13. The van der Waals surface area contributed by atoms with Gasteiger partial charge in [0, 0.05) is 28.7 Å². The summed E-state index contributed by atoms with van der Waals surface area (Å²) >= 11 is 6.16. The van der Waals surface area contributed by atoms with Crippen LogP contribution in [0.1, 0.15) is 13.8 Å². The highest BCUT2D eigenvalue weighted by molar-refractivity contribution is 6.31. The molecule has 0 saturated heterocycles. The van der Waals surface area contributed by atoms with Crippen LogP contribution in [0, 0.1) is 5.92 Å². The molecule has 0 unspecified atom stereocenters. The second-order valence-corrected chi connectivity index (χ2v) is 5.42. The second-order valence-electron chi connectivity index (χ2n) is 4.99. The van der Waals surface area contributed by atoms with Crippen molar-refractivity contribution in [2.45, 2.75) is 20.4 Å². The van der Waals surface area contributed by atoms with E-state index in [2.05, 4.69) is 51.3 Å². The number of aromatic nitrogens is 5. The molecule has 5 nitrogen and oxygen atoms in total. The third-order valence-corrected chi connectivity index (χ3v) is 3.19. The van der Waals surface area contributed by atoms with Gasteiger partial charge in [0.25, 0.3) is 0 Å². The number of hydrogen-bond donors (Lipinski definition) is 1. The van der Waals surface area contributed by atoms with Crippen LogP contribution in [0.4, 0.5) is 0 Å². The molecule has 3 aromatic rings. The van der Waals surface area contributed by atoms with Crippen molar-refractivity contribution >= 4 is 22.5 Å². The second kappa shape index (κ2) is 4.66. The number of rotatable bonds is 3. The number of halogens is 1. The topological polar surface area (TPSA) is 59.4 Å². The van der Waals surface area contributed by atoms with Crippen molar-refractivity contribution in [1.29, 1.82) is 0 Å². The van der Waals surface area contributed by atoms with Crippen LogP contribution in [0.3, 0.4) is 0 Å². The number of hydrogen-bond acceptors (Lipinski definition) is 3. The maximum absolute atomic E-state index is 6.16. The van der Waals surface area contributed by atoms with Gasteiger partial charge in [-0.25, -0.2) is 0 Å². The Morgan fingerprint density at radius 3 is 2.89 bits per heavy atom. The van der Waals surface area contributed by atoms with Crippen molar-refractivity contribution in [3.05, 3.63) is 29.4 Å². The molecule has 0 atom stereocenters. The first-order chi connectivity index (χ1) is 9.15. The minimum absolute atomic E-state index is 0.560. The fourth-order valence-corrected chi connectivity index (χ4v) is 2.53. The van der Waals surface area contributed by atoms with Gasteiger partial charge in [0.15, 0.2) is 0 Å². The van der Waals surface area contributed by atoms with Gasteiger partial charge in [-0.05, 0) is 29.3 Å². The molecule has 0 aliphatic heterocycles. The number of tetrazole rings is 1. The molecular formula is C13H14ClN5. The number of H-pyrrole nitrogens is 1. The molecule has 0 aliphatic carbocycles. The molecule has 0 aliphatic rings. The number of benzene rings is 1. The molecule has 0 fully saturated rings. The quantitative estimate of drug-likeness (QED) is 0.799. The number of nitrogens with one attached hydrogen (secondary N) is 1. The van der Waals surface area contributed by atoms with E-state index in [1.54, 1.807) is 0 Å². The number of fused-ring (bicyclic) bond motifs is 1. The molecule has 0 bridgehead atoms. The van der Waals surface area contributed by atoms with Gasteiger partial charge in [0.2, 0.25) is 5.82 Å². The molecule has 6 heteroatoms. The third-order valence-electron chi connectivity index (χ3n) is 2.97. The lowest BCUT2D eigenvalue weighted by atomic mass is 10.1. The van der Waals surface area contributed by atoms with Crippen LogP contribution in [0.15, 0.2) is 24.4 Å². The molecule has 0 spiro atoms. The Morgan fingerprint density at radius 1 is 1.37 bits per heavy atom. The van der Waals surface area contributed by atoms with E-state index in [0.717, 1.165) is 23.0 Å². The molecule has 98 valence electrons. The average molecular weight is 276 g/mol. The molecule has 2 aromatic heterocycles. The lowest BCUT2D eigenvalue weighted by Crippen LogP contribution is -2.03. The Morgan fingerprint density at radius 2 is 2.21 bits per heavy atom. The fraction of sp³-hybridized carbons (Fsp3) is 0.308. The minimum Gasteiger partial charge on any atom is -0.347 e. The lowest BCUT2D eigenvalue weighted by Gasteiger charge is -2.10. The van der Waals surface area contributed by atoms with Crippen molar-refractivity contribution < 1.29 is 0 Å². The monoisotopic (exact) mass is 275 g/mol. The first-order valence-corrected chi connectivity index (χ1v) is 6.55. The van der Waals surface area contributed by atoms with Crippen LogP contribution in [0.2, 0.25) is 5.02 Å². The summed E-state index contributed by atoms with van der Waals surface area (Å²) in [6.07, 6.45) is 2.07. The summed E-state index contributed by atoms with van der Waals surface area (Å²) < 4.78 is 2.21. The first-order valence-electron chi connectivity index (χ1n) is 6.17. The van der Waals surface area contributed by atoms with Crippen LogP contribution >= 0.6 is 11.6 Å². The van der Waals surface area contributed by atoms with Crippen molar-refractivity contribution in [3.8, 4) is 11.4 Å². The van der Waals surface area contributed by atoms with Gasteiger partial charge in [-0.15, -0.1) is 10.2 Å². The maximum Gasteiger partial charge on any atom is 0.206 e. The van der Waals surface area contributed by atoms with Gasteiger partial charge in [-0.3, -0.25) is 0 Å². The van der Waals surface area contributed by atoms with E-state index in [-0.39, 0.29) is 0 Å². The Balaban J connectivity index is 2.26. The zero-order valence-corrected chi connectivity index (χ0v) is 11.5. The highest BCUT2D eigenvalue weighted by Crippen LogP contribution is 2.31. The Hall–Kier alpha value is -1.88. The van der Waals surface area contributed by atoms with Crippen LogP contribution in [-0.2, 0) is 6.54 Å². The zero-order valence-electron chi connectivity index (χ0n) is 10.8. The van der Waals surface area contributed by atoms with Gasteiger partial charge < -0.3 is 4.57 Å². The van der Waals surface area contributed by atoms with Crippen LogP contribution < -0.4 is 0 Å². The van der Waals surface area contributed by atoms with Gasteiger partial charge in [-0.1, -0.05) is 25.4 Å². The van der Waals surface area contributed by atoms with E-state index in [9.17, 15) is 0 Å². The predicted molar refractivity (Wildman–Crippen MR) is 75.0 cm³/mol. The Bertz CT molecular complexity index is 699. The SMILES string of the molecule is CC(C)Cn1ccc2cc(Cl)cc(-c3nn[nH]n3)c21. The lowest BCUT2D eigenvalue weighted by molar-refractivity contribution is 0.535. The summed E-state index contributed by atoms with van der Waals surface area (Å²) in [5.41, 5.74) is 2.00. The van der Waals surface area contributed by atoms with Gasteiger partial charge in [0.1, 0.15) is 0 Å². The summed E-state index contributed by atoms with van der Waals surface area (Å²) in [5, 5.41) is 16.0.